The standard InChI is InChI=1S/C16H16N8O2/c1-10(8-9-12-6-4-3-5-7-12)18-20-16(25)13-11(2)24(23-19-13)15-14(17)21-26-22-15/h3-9H,1-2H3,(H2,17,21)(H,20,25)/b9-8+,18-10-. The molecule has 2 heterocycles. The molecule has 0 aliphatic rings. The fourth-order valence-corrected chi connectivity index (χ4v) is 2.09. The van der Waals surface area contributed by atoms with E-state index in [0.717, 1.165) is 5.56 Å². The first-order valence-corrected chi connectivity index (χ1v) is 7.64. The van der Waals surface area contributed by atoms with Gasteiger partial charge in [0.1, 0.15) is 0 Å². The number of amides is 1. The third-order valence-electron chi connectivity index (χ3n) is 3.46. The number of rotatable bonds is 5. The first-order chi connectivity index (χ1) is 12.6. The number of nitrogens with zero attached hydrogens (tertiary/aromatic N) is 6. The molecule has 0 spiro atoms. The lowest BCUT2D eigenvalue weighted by Gasteiger charge is -2.00. The summed E-state index contributed by atoms with van der Waals surface area (Å²) in [4.78, 5) is 12.3. The highest BCUT2D eigenvalue weighted by Crippen LogP contribution is 2.14. The van der Waals surface area contributed by atoms with Crippen molar-refractivity contribution in [2.75, 3.05) is 5.73 Å². The number of carbonyl (C=O) groups is 1. The van der Waals surface area contributed by atoms with E-state index in [9.17, 15) is 4.79 Å². The molecule has 0 fully saturated rings. The first kappa shape index (κ1) is 17.0. The molecule has 1 aromatic carbocycles. The van der Waals surface area contributed by atoms with Gasteiger partial charge in [-0.05, 0) is 35.8 Å². The Hall–Kier alpha value is -3.82. The predicted octanol–water partition coefficient (Wildman–Crippen LogP) is 1.36. The van der Waals surface area contributed by atoms with Gasteiger partial charge in [0.2, 0.25) is 11.6 Å². The summed E-state index contributed by atoms with van der Waals surface area (Å²) in [6.07, 6.45) is 3.69. The van der Waals surface area contributed by atoms with Crippen LogP contribution in [0.25, 0.3) is 11.9 Å². The molecule has 10 nitrogen and oxygen atoms in total. The summed E-state index contributed by atoms with van der Waals surface area (Å²) in [6, 6.07) is 9.76. The number of benzene rings is 1. The molecule has 0 atom stereocenters. The lowest BCUT2D eigenvalue weighted by Crippen LogP contribution is -2.20. The molecule has 3 aromatic rings. The topological polar surface area (TPSA) is 137 Å². The average Bonchev–Trinajstić information content (AvgIpc) is 3.24. The smallest absolute Gasteiger partial charge is 0.293 e. The van der Waals surface area contributed by atoms with Crippen molar-refractivity contribution >= 4 is 23.5 Å². The number of hydrogen-bond acceptors (Lipinski definition) is 8. The van der Waals surface area contributed by atoms with Crippen LogP contribution in [0, 0.1) is 6.92 Å². The van der Waals surface area contributed by atoms with Crippen molar-refractivity contribution in [2.24, 2.45) is 5.10 Å². The Bertz CT molecular complexity index is 971. The number of nitrogens with one attached hydrogen (secondary N) is 1. The first-order valence-electron chi connectivity index (χ1n) is 7.64. The number of hydrogen-bond donors (Lipinski definition) is 2. The van der Waals surface area contributed by atoms with E-state index >= 15 is 0 Å². The number of nitrogens with two attached hydrogens (primary N) is 1. The molecular weight excluding hydrogens is 336 g/mol. The van der Waals surface area contributed by atoms with E-state index in [-0.39, 0.29) is 17.3 Å². The number of allylic oxidation sites excluding steroid dienone is 1. The molecule has 1 amide bonds. The molecule has 0 radical (unpaired) electrons. The number of hydrazone groups is 1. The van der Waals surface area contributed by atoms with Gasteiger partial charge in [-0.25, -0.2) is 10.1 Å². The van der Waals surface area contributed by atoms with E-state index in [4.69, 9.17) is 5.73 Å². The fraction of sp³-hybridized carbons (Fsp3) is 0.125. The summed E-state index contributed by atoms with van der Waals surface area (Å²) in [5.74, 6) is -0.291. The molecule has 2 aromatic heterocycles. The zero-order valence-corrected chi connectivity index (χ0v) is 14.1. The lowest BCUT2D eigenvalue weighted by molar-refractivity contribution is 0.0949. The van der Waals surface area contributed by atoms with Crippen LogP contribution in [0.1, 0.15) is 28.7 Å². The minimum absolute atomic E-state index is 0.0462. The summed E-state index contributed by atoms with van der Waals surface area (Å²) >= 11 is 0. The molecular formula is C16H16N8O2. The van der Waals surface area contributed by atoms with Crippen molar-refractivity contribution < 1.29 is 9.42 Å². The summed E-state index contributed by atoms with van der Waals surface area (Å²) in [5, 5.41) is 18.8. The van der Waals surface area contributed by atoms with Gasteiger partial charge in [0.15, 0.2) is 5.69 Å². The van der Waals surface area contributed by atoms with Crippen LogP contribution in [0.4, 0.5) is 5.82 Å². The van der Waals surface area contributed by atoms with E-state index in [1.54, 1.807) is 19.9 Å². The van der Waals surface area contributed by atoms with Crippen molar-refractivity contribution in [3.63, 3.8) is 0 Å². The van der Waals surface area contributed by atoms with Gasteiger partial charge in [-0.3, -0.25) is 4.79 Å². The Kier molecular flexibility index (Phi) is 4.83. The molecule has 0 saturated heterocycles. The Balaban J connectivity index is 1.70. The second-order valence-corrected chi connectivity index (χ2v) is 5.35. The predicted molar refractivity (Wildman–Crippen MR) is 94.4 cm³/mol. The van der Waals surface area contributed by atoms with Gasteiger partial charge in [0.05, 0.1) is 11.4 Å². The Morgan fingerprint density at radius 3 is 2.77 bits per heavy atom. The number of nitrogen functional groups attached to an aromatic ring is 1. The molecule has 0 bridgehead atoms. The van der Waals surface area contributed by atoms with Crippen LogP contribution in [0.15, 0.2) is 46.1 Å². The molecule has 26 heavy (non-hydrogen) atoms. The maximum absolute atomic E-state index is 12.3. The van der Waals surface area contributed by atoms with Crippen molar-refractivity contribution in [1.29, 1.82) is 0 Å². The Morgan fingerprint density at radius 2 is 2.08 bits per heavy atom. The van der Waals surface area contributed by atoms with Crippen LogP contribution in [0.3, 0.4) is 0 Å². The van der Waals surface area contributed by atoms with Crippen LogP contribution >= 0.6 is 0 Å². The Labute approximate surface area is 148 Å². The lowest BCUT2D eigenvalue weighted by atomic mass is 10.2. The van der Waals surface area contributed by atoms with Crippen LogP contribution in [-0.2, 0) is 0 Å². The number of anilines is 1. The van der Waals surface area contributed by atoms with Crippen LogP contribution in [-0.4, -0.2) is 36.9 Å². The largest absolute Gasteiger partial charge is 0.378 e. The van der Waals surface area contributed by atoms with Gasteiger partial charge in [0, 0.05) is 0 Å². The second kappa shape index (κ2) is 7.38. The molecule has 0 aliphatic carbocycles. The third kappa shape index (κ3) is 3.64. The maximum atomic E-state index is 12.3. The molecule has 0 saturated carbocycles. The average molecular weight is 352 g/mol. The molecule has 0 aliphatic heterocycles. The minimum atomic E-state index is -0.503. The van der Waals surface area contributed by atoms with Crippen molar-refractivity contribution in [1.82, 2.24) is 30.7 Å². The Morgan fingerprint density at radius 1 is 1.31 bits per heavy atom. The molecule has 3 rings (SSSR count). The summed E-state index contributed by atoms with van der Waals surface area (Å²) < 4.78 is 5.79. The third-order valence-corrected chi connectivity index (χ3v) is 3.46. The fourth-order valence-electron chi connectivity index (χ4n) is 2.09. The van der Waals surface area contributed by atoms with E-state index in [0.29, 0.717) is 11.4 Å². The minimum Gasteiger partial charge on any atom is -0.378 e. The van der Waals surface area contributed by atoms with Gasteiger partial charge < -0.3 is 5.73 Å². The van der Waals surface area contributed by atoms with Crippen molar-refractivity contribution in [3.05, 3.63) is 53.4 Å². The summed E-state index contributed by atoms with van der Waals surface area (Å²) in [6.45, 7) is 3.42. The number of aromatic nitrogens is 5. The number of carbonyl (C=O) groups excluding carboxylic acids is 1. The highest BCUT2D eigenvalue weighted by Gasteiger charge is 2.20. The van der Waals surface area contributed by atoms with Gasteiger partial charge in [0.25, 0.3) is 5.91 Å². The SMILES string of the molecule is CC(/C=C/c1ccccc1)=N/NC(=O)c1nnn(-c2nonc2N)c1C. The second-order valence-electron chi connectivity index (χ2n) is 5.35. The van der Waals surface area contributed by atoms with Crippen LogP contribution in [0.5, 0.6) is 0 Å². The van der Waals surface area contributed by atoms with Gasteiger partial charge in [-0.15, -0.1) is 5.10 Å². The quantitative estimate of drug-likeness (QED) is 0.522. The van der Waals surface area contributed by atoms with Gasteiger partial charge in [-0.1, -0.05) is 41.6 Å². The summed E-state index contributed by atoms with van der Waals surface area (Å²) in [5.41, 5.74) is 10.2. The summed E-state index contributed by atoms with van der Waals surface area (Å²) in [7, 11) is 0. The zero-order chi connectivity index (χ0) is 18.5. The van der Waals surface area contributed by atoms with E-state index in [1.807, 2.05) is 36.4 Å². The van der Waals surface area contributed by atoms with Gasteiger partial charge in [-0.2, -0.15) is 9.78 Å². The highest BCUT2D eigenvalue weighted by molar-refractivity contribution is 5.98. The zero-order valence-electron chi connectivity index (χ0n) is 14.1. The molecule has 10 heteroatoms. The van der Waals surface area contributed by atoms with Crippen LogP contribution < -0.4 is 11.2 Å². The molecule has 132 valence electrons. The van der Waals surface area contributed by atoms with E-state index < -0.39 is 5.91 Å². The van der Waals surface area contributed by atoms with Crippen LogP contribution in [0.2, 0.25) is 0 Å². The van der Waals surface area contributed by atoms with Gasteiger partial charge >= 0.3 is 0 Å². The van der Waals surface area contributed by atoms with E-state index in [2.05, 4.69) is 35.8 Å². The van der Waals surface area contributed by atoms with E-state index in [1.165, 1.54) is 4.68 Å². The maximum Gasteiger partial charge on any atom is 0.293 e. The molecule has 0 unspecified atom stereocenters. The molecule has 3 N–H and O–H groups in total. The normalized spacial score (nSPS) is 11.8. The van der Waals surface area contributed by atoms with Crippen molar-refractivity contribution in [3.8, 4) is 5.82 Å². The monoisotopic (exact) mass is 352 g/mol. The van der Waals surface area contributed by atoms with Crippen molar-refractivity contribution in [2.45, 2.75) is 13.8 Å². The highest BCUT2D eigenvalue weighted by atomic mass is 16.6.